The van der Waals surface area contributed by atoms with Gasteiger partial charge in [-0.2, -0.15) is 0 Å². The number of sulfonamides is 1. The Bertz CT molecular complexity index is 1030. The molecule has 5 nitrogen and oxygen atoms in total. The van der Waals surface area contributed by atoms with Gasteiger partial charge < -0.3 is 9.47 Å². The predicted molar refractivity (Wildman–Crippen MR) is 103 cm³/mol. The van der Waals surface area contributed by atoms with Gasteiger partial charge in [0.1, 0.15) is 18.1 Å². The molecule has 0 heterocycles. The summed E-state index contributed by atoms with van der Waals surface area (Å²) in [5.74, 6) is 1.37. The van der Waals surface area contributed by atoms with Gasteiger partial charge in [0.25, 0.3) is 10.0 Å². The molecule has 0 unspecified atom stereocenters. The summed E-state index contributed by atoms with van der Waals surface area (Å²) >= 11 is 0. The number of hydrogen-bond acceptors (Lipinski definition) is 4. The first kappa shape index (κ1) is 17.8. The standard InChI is InChI=1S/C20H19NO4S/c1-3-12-25-18-9-6-17(7-10-18)21-26(22,23)20-11-5-15-13-19(24-2)8-4-16(15)14-20/h3-11,13-14,21H,1,12H2,2H3. The van der Waals surface area contributed by atoms with E-state index in [0.29, 0.717) is 18.0 Å². The van der Waals surface area contributed by atoms with Crippen LogP contribution < -0.4 is 14.2 Å². The van der Waals surface area contributed by atoms with Crippen molar-refractivity contribution >= 4 is 26.5 Å². The molecule has 0 saturated carbocycles. The zero-order valence-electron chi connectivity index (χ0n) is 14.3. The van der Waals surface area contributed by atoms with E-state index in [-0.39, 0.29) is 4.90 Å². The molecule has 0 spiro atoms. The molecule has 134 valence electrons. The van der Waals surface area contributed by atoms with Gasteiger partial charge in [-0.3, -0.25) is 4.72 Å². The molecule has 0 aliphatic carbocycles. The zero-order chi connectivity index (χ0) is 18.6. The Hall–Kier alpha value is -2.99. The number of anilines is 1. The molecule has 0 saturated heterocycles. The maximum atomic E-state index is 12.6. The first-order valence-corrected chi connectivity index (χ1v) is 9.44. The van der Waals surface area contributed by atoms with Gasteiger partial charge in [0, 0.05) is 5.69 Å². The summed E-state index contributed by atoms with van der Waals surface area (Å²) in [5, 5.41) is 1.73. The van der Waals surface area contributed by atoms with Gasteiger partial charge in [0.2, 0.25) is 0 Å². The highest BCUT2D eigenvalue weighted by molar-refractivity contribution is 7.92. The number of benzene rings is 3. The Morgan fingerprint density at radius 1 is 0.962 bits per heavy atom. The second kappa shape index (κ2) is 7.49. The van der Waals surface area contributed by atoms with Crippen molar-refractivity contribution in [3.8, 4) is 11.5 Å². The number of methoxy groups -OCH3 is 1. The molecular weight excluding hydrogens is 350 g/mol. The first-order chi connectivity index (χ1) is 12.5. The molecule has 0 radical (unpaired) electrons. The molecule has 0 bridgehead atoms. The van der Waals surface area contributed by atoms with Gasteiger partial charge >= 0.3 is 0 Å². The van der Waals surface area contributed by atoms with Crippen molar-refractivity contribution in [2.24, 2.45) is 0 Å². The Morgan fingerprint density at radius 2 is 1.62 bits per heavy atom. The highest BCUT2D eigenvalue weighted by Crippen LogP contribution is 2.25. The van der Waals surface area contributed by atoms with E-state index in [4.69, 9.17) is 9.47 Å². The van der Waals surface area contributed by atoms with Crippen LogP contribution in [0, 0.1) is 0 Å². The lowest BCUT2D eigenvalue weighted by atomic mass is 10.1. The number of hydrogen-bond donors (Lipinski definition) is 1. The molecule has 0 aromatic heterocycles. The number of ether oxygens (including phenoxy) is 2. The second-order valence-corrected chi connectivity index (χ2v) is 7.29. The maximum absolute atomic E-state index is 12.6. The van der Waals surface area contributed by atoms with Crippen LogP contribution >= 0.6 is 0 Å². The van der Waals surface area contributed by atoms with Crippen molar-refractivity contribution in [3.05, 3.63) is 73.3 Å². The van der Waals surface area contributed by atoms with Crippen LogP contribution in [0.2, 0.25) is 0 Å². The summed E-state index contributed by atoms with van der Waals surface area (Å²) < 4.78 is 38.4. The molecule has 0 aliphatic rings. The minimum absolute atomic E-state index is 0.196. The summed E-state index contributed by atoms with van der Waals surface area (Å²) in [4.78, 5) is 0.196. The fourth-order valence-electron chi connectivity index (χ4n) is 2.48. The molecule has 3 aromatic carbocycles. The highest BCUT2D eigenvalue weighted by atomic mass is 32.2. The normalized spacial score (nSPS) is 11.1. The van der Waals surface area contributed by atoms with Crippen LogP contribution in [0.25, 0.3) is 10.8 Å². The number of nitrogens with one attached hydrogen (secondary N) is 1. The third kappa shape index (κ3) is 3.97. The monoisotopic (exact) mass is 369 g/mol. The van der Waals surface area contributed by atoms with Crippen molar-refractivity contribution < 1.29 is 17.9 Å². The van der Waals surface area contributed by atoms with E-state index in [1.807, 2.05) is 12.1 Å². The number of rotatable bonds is 7. The maximum Gasteiger partial charge on any atom is 0.261 e. The molecule has 0 amide bonds. The average Bonchev–Trinajstić information content (AvgIpc) is 2.66. The van der Waals surface area contributed by atoms with E-state index >= 15 is 0 Å². The minimum atomic E-state index is -3.69. The van der Waals surface area contributed by atoms with E-state index in [2.05, 4.69) is 11.3 Å². The molecule has 3 rings (SSSR count). The lowest BCUT2D eigenvalue weighted by Gasteiger charge is -2.10. The van der Waals surface area contributed by atoms with Crippen molar-refractivity contribution in [3.63, 3.8) is 0 Å². The van der Waals surface area contributed by atoms with E-state index < -0.39 is 10.0 Å². The summed E-state index contributed by atoms with van der Waals surface area (Å²) in [6, 6.07) is 17.2. The zero-order valence-corrected chi connectivity index (χ0v) is 15.1. The summed E-state index contributed by atoms with van der Waals surface area (Å²) in [5.41, 5.74) is 0.464. The first-order valence-electron chi connectivity index (χ1n) is 7.96. The predicted octanol–water partition coefficient (Wildman–Crippen LogP) is 4.21. The molecule has 3 aromatic rings. The number of fused-ring (bicyclic) bond motifs is 1. The lowest BCUT2D eigenvalue weighted by Crippen LogP contribution is -2.12. The van der Waals surface area contributed by atoms with Gasteiger partial charge in [-0.15, -0.1) is 0 Å². The van der Waals surface area contributed by atoms with E-state index in [0.717, 1.165) is 16.5 Å². The summed E-state index contributed by atoms with van der Waals surface area (Å²) in [7, 11) is -2.09. The van der Waals surface area contributed by atoms with Gasteiger partial charge in [-0.1, -0.05) is 24.8 Å². The summed E-state index contributed by atoms with van der Waals surface area (Å²) in [6.07, 6.45) is 1.64. The molecule has 1 N–H and O–H groups in total. The Kier molecular flexibility index (Phi) is 5.14. The Balaban J connectivity index is 1.83. The fraction of sp³-hybridized carbons (Fsp3) is 0.100. The van der Waals surface area contributed by atoms with E-state index in [9.17, 15) is 8.42 Å². The van der Waals surface area contributed by atoms with Crippen LogP contribution in [0.3, 0.4) is 0 Å². The van der Waals surface area contributed by atoms with Gasteiger partial charge in [-0.25, -0.2) is 8.42 Å². The van der Waals surface area contributed by atoms with Gasteiger partial charge in [0.15, 0.2) is 0 Å². The van der Waals surface area contributed by atoms with Crippen LogP contribution in [-0.4, -0.2) is 22.1 Å². The Labute approximate surface area is 152 Å². The van der Waals surface area contributed by atoms with Crippen LogP contribution in [0.5, 0.6) is 11.5 Å². The van der Waals surface area contributed by atoms with Crippen molar-refractivity contribution in [2.75, 3.05) is 18.4 Å². The van der Waals surface area contributed by atoms with E-state index in [1.54, 1.807) is 61.7 Å². The summed E-state index contributed by atoms with van der Waals surface area (Å²) in [6.45, 7) is 3.98. The SMILES string of the molecule is C=CCOc1ccc(NS(=O)(=O)c2ccc3cc(OC)ccc3c2)cc1. The molecule has 0 fully saturated rings. The van der Waals surface area contributed by atoms with Crippen LogP contribution in [0.4, 0.5) is 5.69 Å². The smallest absolute Gasteiger partial charge is 0.261 e. The molecule has 0 atom stereocenters. The van der Waals surface area contributed by atoms with Gasteiger partial charge in [-0.05, 0) is 59.3 Å². The largest absolute Gasteiger partial charge is 0.497 e. The molecular formula is C20H19NO4S. The van der Waals surface area contributed by atoms with Crippen LogP contribution in [0.1, 0.15) is 0 Å². The Morgan fingerprint density at radius 3 is 2.31 bits per heavy atom. The van der Waals surface area contributed by atoms with Crippen molar-refractivity contribution in [2.45, 2.75) is 4.90 Å². The molecule has 0 aliphatic heterocycles. The van der Waals surface area contributed by atoms with Gasteiger partial charge in [0.05, 0.1) is 12.0 Å². The topological polar surface area (TPSA) is 64.6 Å². The third-order valence-electron chi connectivity index (χ3n) is 3.80. The second-order valence-electron chi connectivity index (χ2n) is 5.60. The molecule has 6 heteroatoms. The van der Waals surface area contributed by atoms with Crippen molar-refractivity contribution in [1.82, 2.24) is 0 Å². The van der Waals surface area contributed by atoms with E-state index in [1.165, 1.54) is 0 Å². The third-order valence-corrected chi connectivity index (χ3v) is 5.18. The van der Waals surface area contributed by atoms with Crippen molar-refractivity contribution in [1.29, 1.82) is 0 Å². The average molecular weight is 369 g/mol. The lowest BCUT2D eigenvalue weighted by molar-refractivity contribution is 0.363. The fourth-order valence-corrected chi connectivity index (χ4v) is 3.58. The van der Waals surface area contributed by atoms with Crippen LogP contribution in [0.15, 0.2) is 78.2 Å². The highest BCUT2D eigenvalue weighted by Gasteiger charge is 2.15. The minimum Gasteiger partial charge on any atom is -0.497 e. The quantitative estimate of drug-likeness (QED) is 0.634. The van der Waals surface area contributed by atoms with Crippen LogP contribution in [-0.2, 0) is 10.0 Å². The molecule has 26 heavy (non-hydrogen) atoms.